The number of carbonyl (C=O) groups is 1. The molecule has 2 saturated carbocycles. The second kappa shape index (κ2) is 7.36. The van der Waals surface area contributed by atoms with Crippen molar-refractivity contribution in [1.82, 2.24) is 4.40 Å². The van der Waals surface area contributed by atoms with E-state index < -0.39 is 0 Å². The van der Waals surface area contributed by atoms with Crippen LogP contribution in [0.5, 0.6) is 0 Å². The van der Waals surface area contributed by atoms with Gasteiger partial charge in [0.05, 0.1) is 17.1 Å². The van der Waals surface area contributed by atoms with Crippen LogP contribution < -0.4 is 0 Å². The molecule has 3 nitrogen and oxygen atoms in total. The number of hydrogen-bond donors (Lipinski definition) is 0. The standard InChI is InChI=1S/C22H28ClNO2/c1-26-13-8-17-14-18(21-19(23)5-3-12-24(17)21)20(25)7-6-16-4-2-9-22(15-16)10-11-22/h3,5,12,14,16H,2,4,6-11,13,15H2,1H3. The van der Waals surface area contributed by atoms with E-state index in [2.05, 4.69) is 0 Å². The SMILES string of the molecule is COCCc1cc(C(=O)CCC2CCCC3(CC3)C2)c2c(Cl)cccn12. The fourth-order valence-corrected chi connectivity index (χ4v) is 5.09. The third-order valence-electron chi connectivity index (χ3n) is 6.46. The normalized spacial score (nSPS) is 21.4. The highest BCUT2D eigenvalue weighted by Gasteiger charge is 2.45. The molecule has 2 fully saturated rings. The van der Waals surface area contributed by atoms with Crippen molar-refractivity contribution in [2.75, 3.05) is 13.7 Å². The summed E-state index contributed by atoms with van der Waals surface area (Å²) in [5, 5.41) is 0.647. The van der Waals surface area contributed by atoms with Crippen molar-refractivity contribution in [3.05, 3.63) is 40.7 Å². The highest BCUT2D eigenvalue weighted by atomic mass is 35.5. The highest BCUT2D eigenvalue weighted by Crippen LogP contribution is 2.58. The number of rotatable bonds is 7. The second-order valence-electron chi connectivity index (χ2n) is 8.29. The van der Waals surface area contributed by atoms with Gasteiger partial charge < -0.3 is 9.14 Å². The topological polar surface area (TPSA) is 30.7 Å². The molecule has 2 aromatic heterocycles. The molecule has 1 unspecified atom stereocenters. The first kappa shape index (κ1) is 18.1. The summed E-state index contributed by atoms with van der Waals surface area (Å²) in [6.45, 7) is 0.635. The number of methoxy groups -OCH3 is 1. The number of halogens is 1. The molecule has 2 heterocycles. The van der Waals surface area contributed by atoms with Crippen LogP contribution >= 0.6 is 11.6 Å². The molecule has 0 N–H and O–H groups in total. The van der Waals surface area contributed by atoms with Crippen LogP contribution in [0, 0.1) is 11.3 Å². The quantitative estimate of drug-likeness (QED) is 0.581. The zero-order chi connectivity index (χ0) is 18.1. The van der Waals surface area contributed by atoms with Gasteiger partial charge in [0.15, 0.2) is 5.78 Å². The number of pyridine rings is 1. The molecule has 26 heavy (non-hydrogen) atoms. The molecule has 1 atom stereocenters. The molecule has 0 saturated heterocycles. The van der Waals surface area contributed by atoms with Crippen LogP contribution in [0.2, 0.25) is 5.02 Å². The number of ketones is 1. The number of carbonyl (C=O) groups excluding carboxylic acids is 1. The van der Waals surface area contributed by atoms with Crippen molar-refractivity contribution in [1.29, 1.82) is 0 Å². The number of hydrogen-bond acceptors (Lipinski definition) is 2. The summed E-state index contributed by atoms with van der Waals surface area (Å²) in [6, 6.07) is 5.81. The van der Waals surface area contributed by atoms with Gasteiger partial charge in [-0.3, -0.25) is 4.79 Å². The Hall–Kier alpha value is -1.32. The fraction of sp³-hybridized carbons (Fsp3) is 0.591. The van der Waals surface area contributed by atoms with Crippen molar-refractivity contribution < 1.29 is 9.53 Å². The van der Waals surface area contributed by atoms with Crippen molar-refractivity contribution in [2.24, 2.45) is 11.3 Å². The largest absolute Gasteiger partial charge is 0.384 e. The van der Waals surface area contributed by atoms with Crippen LogP contribution in [0.4, 0.5) is 0 Å². The Labute approximate surface area is 160 Å². The summed E-state index contributed by atoms with van der Waals surface area (Å²) in [5.74, 6) is 0.960. The van der Waals surface area contributed by atoms with Crippen LogP contribution in [-0.4, -0.2) is 23.9 Å². The maximum atomic E-state index is 13.0. The minimum Gasteiger partial charge on any atom is -0.384 e. The van der Waals surface area contributed by atoms with Crippen LogP contribution in [0.1, 0.15) is 67.4 Å². The van der Waals surface area contributed by atoms with Gasteiger partial charge in [-0.15, -0.1) is 0 Å². The Kier molecular flexibility index (Phi) is 5.11. The van der Waals surface area contributed by atoms with E-state index in [0.29, 0.717) is 23.5 Å². The smallest absolute Gasteiger partial charge is 0.165 e. The summed E-state index contributed by atoms with van der Waals surface area (Å²) in [5.41, 5.74) is 3.39. The molecule has 4 rings (SSSR count). The van der Waals surface area contributed by atoms with Crippen LogP contribution in [-0.2, 0) is 11.2 Å². The number of Topliss-reactive ketones (excluding diaryl/α,β-unsaturated/α-hetero) is 1. The summed E-state index contributed by atoms with van der Waals surface area (Å²) in [6.07, 6.45) is 12.7. The lowest BCUT2D eigenvalue weighted by Crippen LogP contribution is -2.17. The molecule has 0 amide bonds. The van der Waals surface area contributed by atoms with Gasteiger partial charge in [0.1, 0.15) is 0 Å². The zero-order valence-corrected chi connectivity index (χ0v) is 16.4. The summed E-state index contributed by atoms with van der Waals surface area (Å²) >= 11 is 6.44. The van der Waals surface area contributed by atoms with Crippen LogP contribution in [0.25, 0.3) is 5.52 Å². The van der Waals surface area contributed by atoms with E-state index in [1.807, 2.05) is 28.8 Å². The van der Waals surface area contributed by atoms with Crippen molar-refractivity contribution >= 4 is 22.9 Å². The monoisotopic (exact) mass is 373 g/mol. The molecule has 0 bridgehead atoms. The number of fused-ring (bicyclic) bond motifs is 1. The predicted molar refractivity (Wildman–Crippen MR) is 105 cm³/mol. The Balaban J connectivity index is 1.50. The van der Waals surface area contributed by atoms with E-state index in [0.717, 1.165) is 35.5 Å². The first-order valence-electron chi connectivity index (χ1n) is 9.92. The number of nitrogens with zero attached hydrogens (tertiary/aromatic N) is 1. The average Bonchev–Trinajstić information content (AvgIpc) is 3.27. The van der Waals surface area contributed by atoms with Gasteiger partial charge >= 0.3 is 0 Å². The van der Waals surface area contributed by atoms with Crippen molar-refractivity contribution in [3.63, 3.8) is 0 Å². The van der Waals surface area contributed by atoms with Gasteiger partial charge in [-0.05, 0) is 61.6 Å². The molecule has 1 spiro atoms. The minimum absolute atomic E-state index is 0.231. The molecule has 0 aromatic carbocycles. The minimum atomic E-state index is 0.231. The van der Waals surface area contributed by atoms with Gasteiger partial charge in [-0.2, -0.15) is 0 Å². The first-order chi connectivity index (χ1) is 12.6. The summed E-state index contributed by atoms with van der Waals surface area (Å²) in [4.78, 5) is 13.0. The van der Waals surface area contributed by atoms with E-state index >= 15 is 0 Å². The maximum Gasteiger partial charge on any atom is 0.165 e. The van der Waals surface area contributed by atoms with Crippen LogP contribution in [0.3, 0.4) is 0 Å². The first-order valence-corrected chi connectivity index (χ1v) is 10.3. The molecule has 0 radical (unpaired) electrons. The van der Waals surface area contributed by atoms with Gasteiger partial charge in [0, 0.05) is 37.4 Å². The molecule has 2 aliphatic carbocycles. The lowest BCUT2D eigenvalue weighted by Gasteiger charge is -2.28. The zero-order valence-electron chi connectivity index (χ0n) is 15.6. The fourth-order valence-electron chi connectivity index (χ4n) is 4.83. The average molecular weight is 374 g/mol. The maximum absolute atomic E-state index is 13.0. The summed E-state index contributed by atoms with van der Waals surface area (Å²) < 4.78 is 7.27. The molecule has 4 heteroatoms. The molecule has 0 aliphatic heterocycles. The second-order valence-corrected chi connectivity index (χ2v) is 8.70. The Morgan fingerprint density at radius 3 is 3.00 bits per heavy atom. The van der Waals surface area contributed by atoms with Gasteiger partial charge in [0.25, 0.3) is 0 Å². The third-order valence-corrected chi connectivity index (χ3v) is 6.77. The molecule has 2 aliphatic rings. The predicted octanol–water partition coefficient (Wildman–Crippen LogP) is 5.71. The number of ether oxygens (including phenoxy) is 1. The van der Waals surface area contributed by atoms with E-state index in [4.69, 9.17) is 16.3 Å². The van der Waals surface area contributed by atoms with Crippen LogP contribution in [0.15, 0.2) is 24.4 Å². The highest BCUT2D eigenvalue weighted by molar-refractivity contribution is 6.35. The van der Waals surface area contributed by atoms with Gasteiger partial charge in [-0.25, -0.2) is 0 Å². The molecular formula is C22H28ClNO2. The van der Waals surface area contributed by atoms with Crippen molar-refractivity contribution in [2.45, 2.75) is 57.8 Å². The van der Waals surface area contributed by atoms with Crippen molar-refractivity contribution in [3.8, 4) is 0 Å². The lowest BCUT2D eigenvalue weighted by atomic mass is 9.77. The van der Waals surface area contributed by atoms with E-state index in [1.165, 1.54) is 38.5 Å². The summed E-state index contributed by atoms with van der Waals surface area (Å²) in [7, 11) is 1.70. The molecular weight excluding hydrogens is 346 g/mol. The molecule has 140 valence electrons. The van der Waals surface area contributed by atoms with E-state index in [9.17, 15) is 4.79 Å². The number of aromatic nitrogens is 1. The van der Waals surface area contributed by atoms with Gasteiger partial charge in [-0.1, -0.05) is 24.4 Å². The van der Waals surface area contributed by atoms with E-state index in [1.54, 1.807) is 7.11 Å². The Morgan fingerprint density at radius 1 is 1.38 bits per heavy atom. The Morgan fingerprint density at radius 2 is 2.23 bits per heavy atom. The molecule has 2 aromatic rings. The third kappa shape index (κ3) is 3.57. The van der Waals surface area contributed by atoms with E-state index in [-0.39, 0.29) is 5.78 Å². The Bertz CT molecular complexity index is 806. The van der Waals surface area contributed by atoms with Gasteiger partial charge in [0.2, 0.25) is 0 Å². The lowest BCUT2D eigenvalue weighted by molar-refractivity contribution is 0.0966.